The molecule has 1 aromatic heterocycles. The quantitative estimate of drug-likeness (QED) is 0.532. The molecule has 4 nitrogen and oxygen atoms in total. The second kappa shape index (κ2) is 8.72. The zero-order chi connectivity index (χ0) is 23.0. The van der Waals surface area contributed by atoms with E-state index in [1.807, 2.05) is 24.3 Å². The Morgan fingerprint density at radius 2 is 1.81 bits per heavy atom. The van der Waals surface area contributed by atoms with Gasteiger partial charge in [-0.15, -0.1) is 11.3 Å². The van der Waals surface area contributed by atoms with Gasteiger partial charge in [-0.3, -0.25) is 10.1 Å². The third kappa shape index (κ3) is 5.34. The monoisotopic (exact) mass is 453 g/mol. The summed E-state index contributed by atoms with van der Waals surface area (Å²) < 4.78 is 0. The Bertz CT molecular complexity index is 1030. The SMILES string of the molecule is CC(C)(C)c1ccc(C(=O)NC(=S)Nc2sc3c(c2C#N)CC[C@@H](C(C)(C)C)C3)cc1. The number of amides is 1. The second-order valence-electron chi connectivity index (χ2n) is 10.4. The number of nitrogens with one attached hydrogen (secondary N) is 2. The first-order chi connectivity index (χ1) is 14.4. The van der Waals surface area contributed by atoms with Crippen molar-refractivity contribution in [3.63, 3.8) is 0 Å². The molecule has 1 aliphatic rings. The minimum absolute atomic E-state index is 0.0316. The van der Waals surface area contributed by atoms with E-state index in [1.165, 1.54) is 10.4 Å². The van der Waals surface area contributed by atoms with Gasteiger partial charge in [0, 0.05) is 10.4 Å². The lowest BCUT2D eigenvalue weighted by Gasteiger charge is -2.33. The number of thiophene rings is 1. The van der Waals surface area contributed by atoms with Gasteiger partial charge in [0.15, 0.2) is 5.11 Å². The van der Waals surface area contributed by atoms with Crippen LogP contribution in [0.4, 0.5) is 5.00 Å². The van der Waals surface area contributed by atoms with E-state index in [2.05, 4.69) is 58.2 Å². The molecule has 1 heterocycles. The van der Waals surface area contributed by atoms with Crippen LogP contribution in [0.25, 0.3) is 0 Å². The Hall–Kier alpha value is -2.23. The van der Waals surface area contributed by atoms with Crippen LogP contribution in [0.2, 0.25) is 0 Å². The zero-order valence-corrected chi connectivity index (χ0v) is 20.8. The number of carbonyl (C=O) groups excluding carboxylic acids is 1. The van der Waals surface area contributed by atoms with Crippen LogP contribution >= 0.6 is 23.6 Å². The highest BCUT2D eigenvalue weighted by atomic mass is 32.1. The van der Waals surface area contributed by atoms with E-state index in [0.717, 1.165) is 29.8 Å². The Labute approximate surface area is 195 Å². The summed E-state index contributed by atoms with van der Waals surface area (Å²) in [5, 5.41) is 16.5. The van der Waals surface area contributed by atoms with Gasteiger partial charge >= 0.3 is 0 Å². The summed E-state index contributed by atoms with van der Waals surface area (Å²) in [6.45, 7) is 13.2. The summed E-state index contributed by atoms with van der Waals surface area (Å²) >= 11 is 6.97. The fourth-order valence-electron chi connectivity index (χ4n) is 3.96. The highest BCUT2D eigenvalue weighted by Crippen LogP contribution is 2.43. The molecule has 31 heavy (non-hydrogen) atoms. The second-order valence-corrected chi connectivity index (χ2v) is 11.9. The normalized spacial score (nSPS) is 16.2. The first-order valence-electron chi connectivity index (χ1n) is 10.7. The van der Waals surface area contributed by atoms with E-state index in [4.69, 9.17) is 12.2 Å². The number of benzene rings is 1. The molecule has 6 heteroatoms. The first-order valence-corrected chi connectivity index (χ1v) is 11.9. The molecule has 0 aliphatic heterocycles. The minimum atomic E-state index is -0.259. The van der Waals surface area contributed by atoms with Crippen molar-refractivity contribution in [2.75, 3.05) is 5.32 Å². The lowest BCUT2D eigenvalue weighted by molar-refractivity contribution is 0.0977. The first kappa shape index (κ1) is 23.4. The average Bonchev–Trinajstić information content (AvgIpc) is 3.02. The average molecular weight is 454 g/mol. The predicted molar refractivity (Wildman–Crippen MR) is 133 cm³/mol. The van der Waals surface area contributed by atoms with Crippen LogP contribution < -0.4 is 10.6 Å². The highest BCUT2D eigenvalue weighted by Gasteiger charge is 2.32. The van der Waals surface area contributed by atoms with Crippen molar-refractivity contribution in [2.45, 2.75) is 66.2 Å². The fraction of sp³-hybridized carbons (Fsp3) is 0.480. The van der Waals surface area contributed by atoms with Crippen molar-refractivity contribution >= 4 is 39.6 Å². The van der Waals surface area contributed by atoms with E-state index in [0.29, 0.717) is 17.0 Å². The summed E-state index contributed by atoms with van der Waals surface area (Å²) in [4.78, 5) is 13.9. The van der Waals surface area contributed by atoms with Crippen molar-refractivity contribution in [1.29, 1.82) is 5.26 Å². The molecule has 3 rings (SSSR count). The van der Waals surface area contributed by atoms with Crippen LogP contribution in [0, 0.1) is 22.7 Å². The maximum atomic E-state index is 12.6. The molecule has 1 aromatic carbocycles. The van der Waals surface area contributed by atoms with Crippen LogP contribution in [0.15, 0.2) is 24.3 Å². The summed E-state index contributed by atoms with van der Waals surface area (Å²) in [5.41, 5.74) is 3.80. The molecular weight excluding hydrogens is 422 g/mol. The molecule has 1 aliphatic carbocycles. The van der Waals surface area contributed by atoms with Gasteiger partial charge in [0.05, 0.1) is 5.56 Å². The van der Waals surface area contributed by atoms with Crippen molar-refractivity contribution in [1.82, 2.24) is 5.32 Å². The molecule has 2 aromatic rings. The molecule has 1 atom stereocenters. The van der Waals surface area contributed by atoms with Crippen LogP contribution in [0.1, 0.15) is 79.9 Å². The van der Waals surface area contributed by atoms with Gasteiger partial charge < -0.3 is 5.32 Å². The molecule has 0 fully saturated rings. The van der Waals surface area contributed by atoms with Crippen LogP contribution in [0.5, 0.6) is 0 Å². The number of anilines is 1. The van der Waals surface area contributed by atoms with E-state index < -0.39 is 0 Å². The molecule has 1 amide bonds. The van der Waals surface area contributed by atoms with E-state index in [1.54, 1.807) is 11.3 Å². The van der Waals surface area contributed by atoms with Gasteiger partial charge in [0.2, 0.25) is 0 Å². The molecule has 164 valence electrons. The Morgan fingerprint density at radius 3 is 2.35 bits per heavy atom. The van der Waals surface area contributed by atoms with Crippen molar-refractivity contribution in [2.24, 2.45) is 11.3 Å². The lowest BCUT2D eigenvalue weighted by Crippen LogP contribution is -2.34. The van der Waals surface area contributed by atoms with Gasteiger partial charge in [-0.25, -0.2) is 0 Å². The molecular formula is C25H31N3OS2. The number of hydrogen-bond donors (Lipinski definition) is 2. The molecule has 0 spiro atoms. The Kier molecular flexibility index (Phi) is 6.59. The Morgan fingerprint density at radius 1 is 1.16 bits per heavy atom. The molecule has 0 saturated heterocycles. The van der Waals surface area contributed by atoms with E-state index >= 15 is 0 Å². The highest BCUT2D eigenvalue weighted by molar-refractivity contribution is 7.80. The molecule has 0 radical (unpaired) electrons. The summed E-state index contributed by atoms with van der Waals surface area (Å²) in [6.07, 6.45) is 2.99. The third-order valence-electron chi connectivity index (χ3n) is 6.07. The summed E-state index contributed by atoms with van der Waals surface area (Å²) in [7, 11) is 0. The Balaban J connectivity index is 1.70. The van der Waals surface area contributed by atoms with Gasteiger partial charge in [-0.05, 0) is 71.5 Å². The number of fused-ring (bicyclic) bond motifs is 1. The summed E-state index contributed by atoms with van der Waals surface area (Å²) in [5.74, 6) is 0.339. The van der Waals surface area contributed by atoms with Crippen molar-refractivity contribution in [3.8, 4) is 6.07 Å². The molecule has 2 N–H and O–H groups in total. The van der Waals surface area contributed by atoms with E-state index in [-0.39, 0.29) is 21.8 Å². The molecule has 0 unspecified atom stereocenters. The number of hydrogen-bond acceptors (Lipinski definition) is 4. The van der Waals surface area contributed by atoms with E-state index in [9.17, 15) is 10.1 Å². The van der Waals surface area contributed by atoms with Crippen molar-refractivity contribution < 1.29 is 4.79 Å². The summed E-state index contributed by atoms with van der Waals surface area (Å²) in [6, 6.07) is 9.91. The maximum absolute atomic E-state index is 12.6. The topological polar surface area (TPSA) is 64.9 Å². The number of carbonyl (C=O) groups is 1. The zero-order valence-electron chi connectivity index (χ0n) is 19.2. The van der Waals surface area contributed by atoms with Gasteiger partial charge in [-0.1, -0.05) is 53.7 Å². The molecule has 0 bridgehead atoms. The standard InChI is InChI=1S/C25H31N3OS2/c1-24(2,3)16-9-7-15(8-10-16)21(29)27-23(30)28-22-19(14-26)18-12-11-17(25(4,5)6)13-20(18)31-22/h7-10,17H,11-13H2,1-6H3,(H2,27,28,29,30)/t17-/m1/s1. The van der Waals surface area contributed by atoms with Gasteiger partial charge in [0.1, 0.15) is 11.1 Å². The largest absolute Gasteiger partial charge is 0.323 e. The minimum Gasteiger partial charge on any atom is -0.323 e. The number of nitriles is 1. The lowest BCUT2D eigenvalue weighted by atomic mass is 9.72. The smallest absolute Gasteiger partial charge is 0.257 e. The maximum Gasteiger partial charge on any atom is 0.257 e. The van der Waals surface area contributed by atoms with Crippen LogP contribution in [-0.2, 0) is 18.3 Å². The van der Waals surface area contributed by atoms with Crippen LogP contribution in [-0.4, -0.2) is 11.0 Å². The number of thiocarbonyl (C=S) groups is 1. The van der Waals surface area contributed by atoms with Gasteiger partial charge in [-0.2, -0.15) is 5.26 Å². The van der Waals surface area contributed by atoms with Gasteiger partial charge in [0.25, 0.3) is 5.91 Å². The number of nitrogens with zero attached hydrogens (tertiary/aromatic N) is 1. The predicted octanol–water partition coefficient (Wildman–Crippen LogP) is 6.20. The van der Waals surface area contributed by atoms with Crippen molar-refractivity contribution in [3.05, 3.63) is 51.4 Å². The fourth-order valence-corrected chi connectivity index (χ4v) is 5.50. The molecule has 0 saturated carbocycles. The van der Waals surface area contributed by atoms with Crippen LogP contribution in [0.3, 0.4) is 0 Å². The number of rotatable bonds is 2. The third-order valence-corrected chi connectivity index (χ3v) is 7.44.